The minimum Gasteiger partial charge on any atom is -0.268 e. The van der Waals surface area contributed by atoms with Gasteiger partial charge in [0.25, 0.3) is 0 Å². The molecule has 0 saturated carbocycles. The van der Waals surface area contributed by atoms with Gasteiger partial charge in [0, 0.05) is 11.4 Å². The normalized spacial score (nSPS) is 12.6. The highest BCUT2D eigenvalue weighted by Gasteiger charge is 2.14. The van der Waals surface area contributed by atoms with E-state index >= 15 is 0 Å². The average Bonchev–Trinajstić information content (AvgIpc) is 2.72. The fourth-order valence-corrected chi connectivity index (χ4v) is 2.96. The highest BCUT2D eigenvalue weighted by atomic mass is 79.9. The van der Waals surface area contributed by atoms with Gasteiger partial charge in [0.15, 0.2) is 0 Å². The fourth-order valence-electron chi connectivity index (χ4n) is 2.20. The summed E-state index contributed by atoms with van der Waals surface area (Å²) >= 11 is 10.1. The van der Waals surface area contributed by atoms with Crippen molar-refractivity contribution in [3.05, 3.63) is 52.3 Å². The van der Waals surface area contributed by atoms with Crippen molar-refractivity contribution in [2.24, 2.45) is 0 Å². The molecule has 2 rings (SSSR count). The van der Waals surface area contributed by atoms with Gasteiger partial charge < -0.3 is 0 Å². The third-order valence-corrected chi connectivity index (χ3v) is 4.73. The van der Waals surface area contributed by atoms with Crippen LogP contribution in [0.5, 0.6) is 0 Å². The molecule has 1 unspecified atom stereocenters. The van der Waals surface area contributed by atoms with Gasteiger partial charge in [-0.15, -0.1) is 0 Å². The average molecular weight is 342 g/mol. The SMILES string of the molecule is CCn1nc(C)c(Cl)c1CCC(Br)c1ccccc1. The van der Waals surface area contributed by atoms with Gasteiger partial charge in [-0.2, -0.15) is 5.10 Å². The maximum atomic E-state index is 6.32. The number of aromatic nitrogens is 2. The first-order valence-corrected chi connectivity index (χ1v) is 7.83. The third kappa shape index (κ3) is 3.40. The van der Waals surface area contributed by atoms with Crippen LogP contribution >= 0.6 is 27.5 Å². The van der Waals surface area contributed by atoms with E-state index in [-0.39, 0.29) is 0 Å². The number of aryl methyl sites for hydroxylation is 2. The van der Waals surface area contributed by atoms with Crippen molar-refractivity contribution in [3.8, 4) is 0 Å². The number of halogens is 2. The Morgan fingerprint density at radius 1 is 1.32 bits per heavy atom. The van der Waals surface area contributed by atoms with Gasteiger partial charge >= 0.3 is 0 Å². The summed E-state index contributed by atoms with van der Waals surface area (Å²) in [6.45, 7) is 4.91. The lowest BCUT2D eigenvalue weighted by molar-refractivity contribution is 0.605. The smallest absolute Gasteiger partial charge is 0.0847 e. The molecule has 0 aliphatic carbocycles. The molecule has 0 spiro atoms. The van der Waals surface area contributed by atoms with Crippen molar-refractivity contribution in [2.45, 2.75) is 38.1 Å². The standard InChI is InChI=1S/C15H18BrClN2/c1-3-19-14(15(17)11(2)18-19)10-9-13(16)12-7-5-4-6-8-12/h4-8,13H,3,9-10H2,1-2H3. The third-order valence-electron chi connectivity index (χ3n) is 3.25. The van der Waals surface area contributed by atoms with E-state index in [9.17, 15) is 0 Å². The zero-order valence-corrected chi connectivity index (χ0v) is 13.6. The van der Waals surface area contributed by atoms with Gasteiger partial charge in [-0.05, 0) is 32.3 Å². The summed E-state index contributed by atoms with van der Waals surface area (Å²) in [4.78, 5) is 0.352. The van der Waals surface area contributed by atoms with Gasteiger partial charge in [0.05, 0.1) is 16.4 Å². The molecule has 0 aliphatic heterocycles. The van der Waals surface area contributed by atoms with E-state index < -0.39 is 0 Å². The predicted octanol–water partition coefficient (Wildman–Crippen LogP) is 4.93. The number of rotatable bonds is 5. The number of nitrogens with zero attached hydrogens (tertiary/aromatic N) is 2. The van der Waals surface area contributed by atoms with Crippen LogP contribution in [0.25, 0.3) is 0 Å². The molecule has 1 aromatic heterocycles. The summed E-state index contributed by atoms with van der Waals surface area (Å²) < 4.78 is 2.00. The quantitative estimate of drug-likeness (QED) is 0.705. The predicted molar refractivity (Wildman–Crippen MR) is 84.1 cm³/mol. The molecule has 1 heterocycles. The molecule has 0 amide bonds. The van der Waals surface area contributed by atoms with Crippen molar-refractivity contribution in [2.75, 3.05) is 0 Å². The second-order valence-electron chi connectivity index (χ2n) is 4.58. The van der Waals surface area contributed by atoms with Crippen molar-refractivity contribution < 1.29 is 0 Å². The van der Waals surface area contributed by atoms with E-state index in [2.05, 4.69) is 52.2 Å². The number of benzene rings is 1. The lowest BCUT2D eigenvalue weighted by Gasteiger charge is -2.11. The Balaban J connectivity index is 2.07. The maximum absolute atomic E-state index is 6.32. The zero-order valence-electron chi connectivity index (χ0n) is 11.2. The molecule has 0 saturated heterocycles. The molecule has 1 aromatic carbocycles. The molecular formula is C15H18BrClN2. The summed E-state index contributed by atoms with van der Waals surface area (Å²) in [6.07, 6.45) is 1.94. The number of alkyl halides is 1. The fraction of sp³-hybridized carbons (Fsp3) is 0.400. The van der Waals surface area contributed by atoms with Crippen LogP contribution in [0.2, 0.25) is 5.02 Å². The van der Waals surface area contributed by atoms with E-state index in [1.807, 2.05) is 17.7 Å². The first kappa shape index (κ1) is 14.6. The monoisotopic (exact) mass is 340 g/mol. The van der Waals surface area contributed by atoms with Crippen molar-refractivity contribution in [3.63, 3.8) is 0 Å². The van der Waals surface area contributed by atoms with Crippen LogP contribution in [0.15, 0.2) is 30.3 Å². The Morgan fingerprint density at radius 3 is 2.63 bits per heavy atom. The zero-order chi connectivity index (χ0) is 13.8. The van der Waals surface area contributed by atoms with Crippen LogP contribution in [-0.2, 0) is 13.0 Å². The Kier molecular flexibility index (Phi) is 5.06. The van der Waals surface area contributed by atoms with E-state index in [1.165, 1.54) is 5.56 Å². The minimum absolute atomic E-state index is 0.352. The summed E-state index contributed by atoms with van der Waals surface area (Å²) in [5.74, 6) is 0. The highest BCUT2D eigenvalue weighted by Crippen LogP contribution is 2.30. The van der Waals surface area contributed by atoms with E-state index in [1.54, 1.807) is 0 Å². The molecule has 0 radical (unpaired) electrons. The van der Waals surface area contributed by atoms with E-state index in [0.717, 1.165) is 35.8 Å². The van der Waals surface area contributed by atoms with Crippen LogP contribution in [0.3, 0.4) is 0 Å². The molecule has 19 heavy (non-hydrogen) atoms. The first-order valence-electron chi connectivity index (χ1n) is 6.54. The van der Waals surface area contributed by atoms with Crippen molar-refractivity contribution in [1.29, 1.82) is 0 Å². The first-order chi connectivity index (χ1) is 9.13. The van der Waals surface area contributed by atoms with E-state index in [4.69, 9.17) is 11.6 Å². The maximum Gasteiger partial charge on any atom is 0.0847 e. The van der Waals surface area contributed by atoms with Gasteiger partial charge in [0.1, 0.15) is 0 Å². The highest BCUT2D eigenvalue weighted by molar-refractivity contribution is 9.09. The van der Waals surface area contributed by atoms with Crippen LogP contribution < -0.4 is 0 Å². The Morgan fingerprint density at radius 2 is 2.00 bits per heavy atom. The topological polar surface area (TPSA) is 17.8 Å². The van der Waals surface area contributed by atoms with Crippen LogP contribution in [0, 0.1) is 6.92 Å². The van der Waals surface area contributed by atoms with Crippen molar-refractivity contribution >= 4 is 27.5 Å². The summed E-state index contributed by atoms with van der Waals surface area (Å²) in [6, 6.07) is 10.5. The lowest BCUT2D eigenvalue weighted by Crippen LogP contribution is -2.04. The summed E-state index contributed by atoms with van der Waals surface area (Å²) in [5.41, 5.74) is 3.37. The van der Waals surface area contributed by atoms with Gasteiger partial charge in [-0.25, -0.2) is 0 Å². The molecule has 2 nitrogen and oxygen atoms in total. The van der Waals surface area contributed by atoms with E-state index in [0.29, 0.717) is 4.83 Å². The van der Waals surface area contributed by atoms with Gasteiger partial charge in [0.2, 0.25) is 0 Å². The molecule has 4 heteroatoms. The molecule has 1 atom stereocenters. The second-order valence-corrected chi connectivity index (χ2v) is 6.06. The Labute approximate surface area is 127 Å². The second kappa shape index (κ2) is 6.58. The molecular weight excluding hydrogens is 324 g/mol. The molecule has 0 bridgehead atoms. The number of hydrogen-bond acceptors (Lipinski definition) is 1. The molecule has 0 aliphatic rings. The van der Waals surface area contributed by atoms with Crippen LogP contribution in [-0.4, -0.2) is 9.78 Å². The Bertz CT molecular complexity index is 537. The van der Waals surface area contributed by atoms with Crippen LogP contribution in [0.1, 0.15) is 35.1 Å². The minimum atomic E-state index is 0.352. The molecule has 2 aromatic rings. The molecule has 0 N–H and O–H groups in total. The largest absolute Gasteiger partial charge is 0.268 e. The van der Waals surface area contributed by atoms with Gasteiger partial charge in [-0.1, -0.05) is 57.9 Å². The lowest BCUT2D eigenvalue weighted by atomic mass is 10.1. The summed E-state index contributed by atoms with van der Waals surface area (Å²) in [7, 11) is 0. The molecule has 0 fully saturated rings. The summed E-state index contributed by atoms with van der Waals surface area (Å²) in [5, 5.41) is 5.26. The Hall–Kier alpha value is -0.800. The number of hydrogen-bond donors (Lipinski definition) is 0. The molecule has 102 valence electrons. The van der Waals surface area contributed by atoms with Crippen LogP contribution in [0.4, 0.5) is 0 Å². The van der Waals surface area contributed by atoms with Gasteiger partial charge in [-0.3, -0.25) is 4.68 Å². The van der Waals surface area contributed by atoms with Crippen molar-refractivity contribution in [1.82, 2.24) is 9.78 Å².